The molecule has 1 rings (SSSR count). The lowest BCUT2D eigenvalue weighted by Crippen LogP contribution is -2.10. The van der Waals surface area contributed by atoms with E-state index in [2.05, 4.69) is 36.3 Å². The molecule has 72 valence electrons. The molecular weight excluding hydrogens is 160 g/mol. The minimum Gasteiger partial charge on any atom is -0.319 e. The lowest BCUT2D eigenvalue weighted by molar-refractivity contribution is 0.780. The second-order valence-electron chi connectivity index (χ2n) is 3.60. The molecule has 0 spiro atoms. The van der Waals surface area contributed by atoms with Gasteiger partial charge in [0.15, 0.2) is 0 Å². The van der Waals surface area contributed by atoms with Gasteiger partial charge in [0.1, 0.15) is 0 Å². The van der Waals surface area contributed by atoms with Crippen molar-refractivity contribution in [2.75, 3.05) is 13.6 Å². The summed E-state index contributed by atoms with van der Waals surface area (Å²) in [5.41, 5.74) is 2.48. The van der Waals surface area contributed by atoms with E-state index in [1.165, 1.54) is 11.3 Å². The van der Waals surface area contributed by atoms with Crippen molar-refractivity contribution in [3.05, 3.63) is 29.6 Å². The summed E-state index contributed by atoms with van der Waals surface area (Å²) in [6, 6.07) is 4.29. The molecule has 13 heavy (non-hydrogen) atoms. The number of pyridine rings is 1. The van der Waals surface area contributed by atoms with E-state index in [4.69, 9.17) is 0 Å². The molecule has 0 radical (unpaired) electrons. The van der Waals surface area contributed by atoms with Gasteiger partial charge in [-0.1, -0.05) is 19.9 Å². The van der Waals surface area contributed by atoms with Crippen molar-refractivity contribution in [1.29, 1.82) is 0 Å². The molecule has 2 nitrogen and oxygen atoms in total. The quantitative estimate of drug-likeness (QED) is 0.762. The number of aromatic nitrogens is 1. The van der Waals surface area contributed by atoms with E-state index in [0.29, 0.717) is 5.92 Å². The summed E-state index contributed by atoms with van der Waals surface area (Å²) in [5.74, 6) is 0.526. The van der Waals surface area contributed by atoms with Crippen LogP contribution in [-0.4, -0.2) is 18.6 Å². The van der Waals surface area contributed by atoms with Crippen LogP contribution in [0.4, 0.5) is 0 Å². The van der Waals surface area contributed by atoms with Crippen LogP contribution in [0, 0.1) is 0 Å². The normalized spacial score (nSPS) is 10.8. The first-order valence-electron chi connectivity index (χ1n) is 4.83. The first-order valence-corrected chi connectivity index (χ1v) is 4.83. The van der Waals surface area contributed by atoms with E-state index in [1.54, 1.807) is 0 Å². The van der Waals surface area contributed by atoms with Crippen molar-refractivity contribution in [3.8, 4) is 0 Å². The Morgan fingerprint density at radius 2 is 2.15 bits per heavy atom. The van der Waals surface area contributed by atoms with Gasteiger partial charge in [0.2, 0.25) is 0 Å². The van der Waals surface area contributed by atoms with Gasteiger partial charge in [-0.15, -0.1) is 0 Å². The maximum atomic E-state index is 4.40. The minimum atomic E-state index is 0.526. The predicted molar refractivity (Wildman–Crippen MR) is 56.0 cm³/mol. The number of likely N-dealkylation sites (N-methyl/N-ethyl adjacent to an activating group) is 1. The van der Waals surface area contributed by atoms with Crippen molar-refractivity contribution >= 4 is 0 Å². The maximum Gasteiger partial charge on any atom is 0.0429 e. The molecule has 1 heterocycles. The van der Waals surface area contributed by atoms with E-state index < -0.39 is 0 Å². The molecule has 0 aromatic carbocycles. The number of nitrogens with one attached hydrogen (secondary N) is 1. The standard InChI is InChI=1S/C11H18N2/c1-9(2)11-5-4-10(8-13-11)6-7-12-3/h4-5,8-9,12H,6-7H2,1-3H3. The van der Waals surface area contributed by atoms with Crippen LogP contribution < -0.4 is 5.32 Å². The van der Waals surface area contributed by atoms with Crippen LogP contribution in [-0.2, 0) is 6.42 Å². The molecule has 0 saturated heterocycles. The Morgan fingerprint density at radius 1 is 1.38 bits per heavy atom. The van der Waals surface area contributed by atoms with Crippen molar-refractivity contribution in [2.45, 2.75) is 26.2 Å². The van der Waals surface area contributed by atoms with Gasteiger partial charge in [0.05, 0.1) is 0 Å². The van der Waals surface area contributed by atoms with Gasteiger partial charge >= 0.3 is 0 Å². The lowest BCUT2D eigenvalue weighted by Gasteiger charge is -2.05. The largest absolute Gasteiger partial charge is 0.319 e. The first kappa shape index (κ1) is 10.2. The fraction of sp³-hybridized carbons (Fsp3) is 0.545. The number of hydrogen-bond acceptors (Lipinski definition) is 2. The van der Waals surface area contributed by atoms with Crippen LogP contribution in [0.25, 0.3) is 0 Å². The van der Waals surface area contributed by atoms with E-state index >= 15 is 0 Å². The van der Waals surface area contributed by atoms with Gasteiger partial charge in [-0.25, -0.2) is 0 Å². The average Bonchev–Trinajstić information content (AvgIpc) is 2.15. The summed E-state index contributed by atoms with van der Waals surface area (Å²) in [7, 11) is 1.97. The summed E-state index contributed by atoms with van der Waals surface area (Å²) in [5, 5.41) is 3.13. The highest BCUT2D eigenvalue weighted by Crippen LogP contribution is 2.11. The van der Waals surface area contributed by atoms with Gasteiger partial charge in [-0.2, -0.15) is 0 Å². The average molecular weight is 178 g/mol. The molecule has 2 heteroatoms. The molecule has 0 bridgehead atoms. The molecular formula is C11H18N2. The zero-order valence-electron chi connectivity index (χ0n) is 8.67. The van der Waals surface area contributed by atoms with Crippen molar-refractivity contribution in [1.82, 2.24) is 10.3 Å². The molecule has 0 aliphatic carbocycles. The van der Waals surface area contributed by atoms with E-state index in [1.807, 2.05) is 13.2 Å². The van der Waals surface area contributed by atoms with Crippen LogP contribution in [0.2, 0.25) is 0 Å². The monoisotopic (exact) mass is 178 g/mol. The fourth-order valence-corrected chi connectivity index (χ4v) is 1.19. The molecule has 0 unspecified atom stereocenters. The van der Waals surface area contributed by atoms with Crippen molar-refractivity contribution in [3.63, 3.8) is 0 Å². The number of rotatable bonds is 4. The Labute approximate surface area is 80.4 Å². The molecule has 1 aromatic rings. The molecule has 1 N–H and O–H groups in total. The Hall–Kier alpha value is -0.890. The van der Waals surface area contributed by atoms with Gasteiger partial charge in [-0.3, -0.25) is 4.98 Å². The highest BCUT2D eigenvalue weighted by Gasteiger charge is 1.99. The maximum absolute atomic E-state index is 4.40. The third-order valence-electron chi connectivity index (χ3n) is 2.10. The number of hydrogen-bond donors (Lipinski definition) is 1. The van der Waals surface area contributed by atoms with Crippen LogP contribution in [0.15, 0.2) is 18.3 Å². The molecule has 0 saturated carbocycles. The molecule has 0 aliphatic heterocycles. The third kappa shape index (κ3) is 3.15. The molecule has 0 aliphatic rings. The third-order valence-corrected chi connectivity index (χ3v) is 2.10. The Balaban J connectivity index is 2.59. The van der Waals surface area contributed by atoms with Gasteiger partial charge in [0, 0.05) is 11.9 Å². The molecule has 0 fully saturated rings. The molecule has 0 atom stereocenters. The summed E-state index contributed by atoms with van der Waals surface area (Å²) >= 11 is 0. The van der Waals surface area contributed by atoms with E-state index in [-0.39, 0.29) is 0 Å². The number of nitrogens with zero attached hydrogens (tertiary/aromatic N) is 1. The van der Waals surface area contributed by atoms with Gasteiger partial charge in [0.25, 0.3) is 0 Å². The highest BCUT2D eigenvalue weighted by atomic mass is 14.8. The second kappa shape index (κ2) is 4.97. The Morgan fingerprint density at radius 3 is 2.62 bits per heavy atom. The Bertz CT molecular complexity index is 239. The Kier molecular flexibility index (Phi) is 3.90. The lowest BCUT2D eigenvalue weighted by atomic mass is 10.1. The van der Waals surface area contributed by atoms with Crippen molar-refractivity contribution < 1.29 is 0 Å². The van der Waals surface area contributed by atoms with Gasteiger partial charge in [-0.05, 0) is 37.6 Å². The summed E-state index contributed by atoms with van der Waals surface area (Å²) in [6.07, 6.45) is 3.04. The highest BCUT2D eigenvalue weighted by molar-refractivity contribution is 5.16. The zero-order valence-corrected chi connectivity index (χ0v) is 8.67. The SMILES string of the molecule is CNCCc1ccc(C(C)C)nc1. The van der Waals surface area contributed by atoms with Crippen LogP contribution in [0.1, 0.15) is 31.0 Å². The fourth-order valence-electron chi connectivity index (χ4n) is 1.19. The summed E-state index contributed by atoms with van der Waals surface area (Å²) in [6.45, 7) is 5.34. The van der Waals surface area contributed by atoms with E-state index in [9.17, 15) is 0 Å². The smallest absolute Gasteiger partial charge is 0.0429 e. The van der Waals surface area contributed by atoms with E-state index in [0.717, 1.165) is 13.0 Å². The summed E-state index contributed by atoms with van der Waals surface area (Å²) < 4.78 is 0. The van der Waals surface area contributed by atoms with Crippen LogP contribution in [0.3, 0.4) is 0 Å². The van der Waals surface area contributed by atoms with Crippen LogP contribution >= 0.6 is 0 Å². The zero-order chi connectivity index (χ0) is 9.68. The summed E-state index contributed by atoms with van der Waals surface area (Å²) in [4.78, 5) is 4.40. The first-order chi connectivity index (χ1) is 6.24. The van der Waals surface area contributed by atoms with Gasteiger partial charge < -0.3 is 5.32 Å². The minimum absolute atomic E-state index is 0.526. The van der Waals surface area contributed by atoms with Crippen molar-refractivity contribution in [2.24, 2.45) is 0 Å². The molecule has 1 aromatic heterocycles. The second-order valence-corrected chi connectivity index (χ2v) is 3.60. The predicted octanol–water partition coefficient (Wildman–Crippen LogP) is 1.97. The topological polar surface area (TPSA) is 24.9 Å². The molecule has 0 amide bonds. The van der Waals surface area contributed by atoms with Crippen LogP contribution in [0.5, 0.6) is 0 Å².